The smallest absolute Gasteiger partial charge is 0.388 e. The number of halogens is 3. The van der Waals surface area contributed by atoms with Crippen molar-refractivity contribution in [3.63, 3.8) is 0 Å². The maximum atomic E-state index is 14.1. The number of nitrogens with two attached hydrogens (primary N) is 1. The number of ether oxygens (including phenoxy) is 1. The van der Waals surface area contributed by atoms with Gasteiger partial charge < -0.3 is 15.8 Å². The number of nitrogens with one attached hydrogen (secondary N) is 1. The van der Waals surface area contributed by atoms with Gasteiger partial charge in [0, 0.05) is 17.2 Å². The number of alkyl halides is 2. The summed E-state index contributed by atoms with van der Waals surface area (Å²) >= 11 is 0. The Morgan fingerprint density at radius 2 is 1.90 bits per heavy atom. The first-order chi connectivity index (χ1) is 14.2. The van der Waals surface area contributed by atoms with Gasteiger partial charge >= 0.3 is 6.61 Å². The van der Waals surface area contributed by atoms with Crippen molar-refractivity contribution < 1.29 is 22.7 Å². The van der Waals surface area contributed by atoms with E-state index < -0.39 is 23.9 Å². The molecule has 1 amide bonds. The Morgan fingerprint density at radius 3 is 2.53 bits per heavy atom. The van der Waals surface area contributed by atoms with Crippen LogP contribution < -0.4 is 15.8 Å². The van der Waals surface area contributed by atoms with E-state index in [1.165, 1.54) is 24.3 Å². The molecule has 0 unspecified atom stereocenters. The predicted molar refractivity (Wildman–Crippen MR) is 103 cm³/mol. The van der Waals surface area contributed by atoms with Gasteiger partial charge in [0.05, 0.1) is 16.9 Å². The predicted octanol–water partition coefficient (Wildman–Crippen LogP) is 3.73. The summed E-state index contributed by atoms with van der Waals surface area (Å²) in [5.74, 6) is -1.12. The molecule has 0 spiro atoms. The van der Waals surface area contributed by atoms with Crippen molar-refractivity contribution in [2.45, 2.75) is 26.0 Å². The lowest BCUT2D eigenvalue weighted by Crippen LogP contribution is -2.30. The number of amides is 1. The molecule has 0 atom stereocenters. The van der Waals surface area contributed by atoms with Crippen molar-refractivity contribution in [2.24, 2.45) is 5.73 Å². The second kappa shape index (κ2) is 8.36. The Labute approximate surface area is 170 Å². The summed E-state index contributed by atoms with van der Waals surface area (Å²) in [7, 11) is 0. The van der Waals surface area contributed by atoms with E-state index in [-0.39, 0.29) is 22.7 Å². The minimum atomic E-state index is -2.98. The van der Waals surface area contributed by atoms with Gasteiger partial charge in [0.25, 0.3) is 0 Å². The lowest BCUT2D eigenvalue weighted by molar-refractivity contribution is -0.0530. The van der Waals surface area contributed by atoms with Crippen LogP contribution in [0, 0.1) is 5.82 Å². The minimum absolute atomic E-state index is 0.0862. The molecule has 0 aliphatic heterocycles. The Morgan fingerprint density at radius 1 is 1.13 bits per heavy atom. The van der Waals surface area contributed by atoms with E-state index in [1.807, 2.05) is 0 Å². The van der Waals surface area contributed by atoms with E-state index in [4.69, 9.17) is 5.73 Å². The summed E-state index contributed by atoms with van der Waals surface area (Å²) in [5, 5.41) is 11.1. The lowest BCUT2D eigenvalue weighted by atomic mass is 10.00. The van der Waals surface area contributed by atoms with Gasteiger partial charge in [-0.05, 0) is 50.2 Å². The third kappa shape index (κ3) is 4.83. The molecule has 1 aromatic carbocycles. The van der Waals surface area contributed by atoms with Crippen molar-refractivity contribution in [3.8, 4) is 17.1 Å². The number of anilines is 1. The fourth-order valence-electron chi connectivity index (χ4n) is 2.72. The Hall–Kier alpha value is -3.69. The number of primary amides is 1. The van der Waals surface area contributed by atoms with E-state index in [1.54, 1.807) is 32.0 Å². The zero-order valence-corrected chi connectivity index (χ0v) is 16.1. The molecule has 3 rings (SSSR count). The highest BCUT2D eigenvalue weighted by molar-refractivity contribution is 5.94. The SMILES string of the molecule is CC(C)(Nc1ccc(-c2cc(C(N)=O)ccc2F)nn1)c1cccc(OC(F)F)n1. The highest BCUT2D eigenvalue weighted by atomic mass is 19.3. The van der Waals surface area contributed by atoms with Gasteiger partial charge in [-0.15, -0.1) is 10.2 Å². The Balaban J connectivity index is 1.82. The molecule has 3 aromatic rings. The molecular formula is C20H18F3N5O2. The molecule has 0 radical (unpaired) electrons. The molecular weight excluding hydrogens is 399 g/mol. The number of pyridine rings is 1. The zero-order valence-electron chi connectivity index (χ0n) is 16.1. The maximum Gasteiger partial charge on any atom is 0.388 e. The topological polar surface area (TPSA) is 103 Å². The van der Waals surface area contributed by atoms with Gasteiger partial charge in [-0.2, -0.15) is 8.78 Å². The first-order valence-corrected chi connectivity index (χ1v) is 8.80. The van der Waals surface area contributed by atoms with Crippen LogP contribution in [0.4, 0.5) is 19.0 Å². The summed E-state index contributed by atoms with van der Waals surface area (Å²) in [5.41, 5.74) is 5.30. The fraction of sp³-hybridized carbons (Fsp3) is 0.200. The van der Waals surface area contributed by atoms with Crippen LogP contribution in [-0.4, -0.2) is 27.7 Å². The van der Waals surface area contributed by atoms with Crippen molar-refractivity contribution in [2.75, 3.05) is 5.32 Å². The highest BCUT2D eigenvalue weighted by Crippen LogP contribution is 2.27. The number of hydrogen-bond acceptors (Lipinski definition) is 6. The summed E-state index contributed by atoms with van der Waals surface area (Å²) in [6.45, 7) is 0.566. The molecule has 10 heteroatoms. The van der Waals surface area contributed by atoms with E-state index >= 15 is 0 Å². The average Bonchev–Trinajstić information content (AvgIpc) is 2.68. The quantitative estimate of drug-likeness (QED) is 0.607. The van der Waals surface area contributed by atoms with Crippen molar-refractivity contribution in [1.29, 1.82) is 0 Å². The van der Waals surface area contributed by atoms with Gasteiger partial charge in [-0.3, -0.25) is 4.79 Å². The standard InChI is InChI=1S/C20H18F3N5O2/c1-20(2,15-4-3-5-17(25-15)30-19(22)23)26-16-9-8-14(27-28-16)12-10-11(18(24)29)6-7-13(12)21/h3-10,19H,1-2H3,(H2,24,29)(H,26,28). The first-order valence-electron chi connectivity index (χ1n) is 8.80. The number of carbonyl (C=O) groups is 1. The van der Waals surface area contributed by atoms with E-state index in [9.17, 15) is 18.0 Å². The van der Waals surface area contributed by atoms with Crippen LogP contribution in [0.5, 0.6) is 5.88 Å². The largest absolute Gasteiger partial charge is 0.417 e. The molecule has 2 heterocycles. The molecule has 3 N–H and O–H groups in total. The maximum absolute atomic E-state index is 14.1. The molecule has 2 aromatic heterocycles. The number of rotatable bonds is 7. The second-order valence-electron chi connectivity index (χ2n) is 6.85. The average molecular weight is 417 g/mol. The summed E-state index contributed by atoms with van der Waals surface area (Å²) in [6.07, 6.45) is 0. The molecule has 0 saturated heterocycles. The molecule has 156 valence electrons. The number of aromatic nitrogens is 3. The number of nitrogens with zero attached hydrogens (tertiary/aromatic N) is 3. The summed E-state index contributed by atoms with van der Waals surface area (Å²) in [4.78, 5) is 15.4. The highest BCUT2D eigenvalue weighted by Gasteiger charge is 2.24. The van der Waals surface area contributed by atoms with Gasteiger partial charge in [-0.1, -0.05) is 6.07 Å². The number of benzene rings is 1. The van der Waals surface area contributed by atoms with Crippen molar-refractivity contribution in [3.05, 3.63) is 65.6 Å². The minimum Gasteiger partial charge on any atom is -0.417 e. The monoisotopic (exact) mass is 417 g/mol. The van der Waals surface area contributed by atoms with Crippen LogP contribution in [0.15, 0.2) is 48.5 Å². The Kier molecular flexibility index (Phi) is 5.86. The van der Waals surface area contributed by atoms with Gasteiger partial charge in [0.15, 0.2) is 0 Å². The van der Waals surface area contributed by atoms with Crippen LogP contribution in [0.3, 0.4) is 0 Å². The molecule has 0 saturated carbocycles. The Bertz CT molecular complexity index is 1060. The van der Waals surface area contributed by atoms with Crippen molar-refractivity contribution in [1.82, 2.24) is 15.2 Å². The normalized spacial score (nSPS) is 11.4. The third-order valence-corrected chi connectivity index (χ3v) is 4.21. The lowest BCUT2D eigenvalue weighted by Gasteiger charge is -2.26. The zero-order chi connectivity index (χ0) is 21.9. The number of hydrogen-bond donors (Lipinski definition) is 2. The molecule has 30 heavy (non-hydrogen) atoms. The van der Waals surface area contributed by atoms with Crippen LogP contribution in [0.2, 0.25) is 0 Å². The summed E-state index contributed by atoms with van der Waals surface area (Å²) < 4.78 is 43.3. The van der Waals surface area contributed by atoms with E-state index in [0.29, 0.717) is 11.5 Å². The molecule has 0 aliphatic rings. The summed E-state index contributed by atoms with van der Waals surface area (Å²) in [6, 6.07) is 11.3. The second-order valence-corrected chi connectivity index (χ2v) is 6.85. The first kappa shape index (κ1) is 21.0. The number of carbonyl (C=O) groups excluding carboxylic acids is 1. The van der Waals surface area contributed by atoms with Crippen molar-refractivity contribution >= 4 is 11.7 Å². The van der Waals surface area contributed by atoms with Crippen LogP contribution in [-0.2, 0) is 5.54 Å². The van der Waals surface area contributed by atoms with E-state index in [0.717, 1.165) is 6.07 Å². The van der Waals surface area contributed by atoms with Gasteiger partial charge in [0.2, 0.25) is 11.8 Å². The van der Waals surface area contributed by atoms with Crippen LogP contribution >= 0.6 is 0 Å². The van der Waals surface area contributed by atoms with Gasteiger partial charge in [-0.25, -0.2) is 9.37 Å². The molecule has 0 aliphatic carbocycles. The molecule has 7 nitrogen and oxygen atoms in total. The molecule has 0 fully saturated rings. The van der Waals surface area contributed by atoms with Crippen LogP contribution in [0.1, 0.15) is 29.9 Å². The van der Waals surface area contributed by atoms with Crippen LogP contribution in [0.25, 0.3) is 11.3 Å². The fourth-order valence-corrected chi connectivity index (χ4v) is 2.72. The third-order valence-electron chi connectivity index (χ3n) is 4.21. The molecule has 0 bridgehead atoms. The van der Waals surface area contributed by atoms with E-state index in [2.05, 4.69) is 25.2 Å². The van der Waals surface area contributed by atoms with Gasteiger partial charge in [0.1, 0.15) is 11.6 Å².